The van der Waals surface area contributed by atoms with Crippen molar-refractivity contribution in [1.82, 2.24) is 19.1 Å². The number of allylic oxidation sites excluding steroid dienone is 4. The van der Waals surface area contributed by atoms with Crippen molar-refractivity contribution in [2.45, 2.75) is 0 Å². The van der Waals surface area contributed by atoms with E-state index in [1.54, 1.807) is 0 Å². The molecule has 0 atom stereocenters. The average molecular weight is 807 g/mol. The van der Waals surface area contributed by atoms with Crippen LogP contribution >= 0.6 is 0 Å². The molecule has 8 aromatic carbocycles. The third-order valence-corrected chi connectivity index (χ3v) is 12.2. The lowest BCUT2D eigenvalue weighted by molar-refractivity contribution is 1.10. The molecule has 0 saturated heterocycles. The maximum Gasteiger partial charge on any atom is 0.321 e. The van der Waals surface area contributed by atoms with E-state index in [4.69, 9.17) is 9.97 Å². The van der Waals surface area contributed by atoms with Crippen molar-refractivity contribution >= 4 is 57.0 Å². The number of para-hydroxylation sites is 7. The van der Waals surface area contributed by atoms with E-state index in [-0.39, 0.29) is 6.85 Å². The van der Waals surface area contributed by atoms with Gasteiger partial charge in [0.15, 0.2) is 0 Å². The summed E-state index contributed by atoms with van der Waals surface area (Å²) in [5.41, 5.74) is 17.5. The second-order valence-electron chi connectivity index (χ2n) is 15.9. The lowest BCUT2D eigenvalue weighted by Crippen LogP contribution is -2.50. The van der Waals surface area contributed by atoms with Gasteiger partial charge in [-0.2, -0.15) is 0 Å². The van der Waals surface area contributed by atoms with Crippen LogP contribution in [-0.2, 0) is 0 Å². The van der Waals surface area contributed by atoms with Crippen molar-refractivity contribution in [3.05, 3.63) is 236 Å². The number of imidazole rings is 2. The molecule has 2 aliphatic rings. The second kappa shape index (κ2) is 15.2. The van der Waals surface area contributed by atoms with Crippen LogP contribution in [0.15, 0.2) is 231 Å². The van der Waals surface area contributed by atoms with Gasteiger partial charge in [-0.25, -0.2) is 9.97 Å². The summed E-state index contributed by atoms with van der Waals surface area (Å²) in [5, 5.41) is 3.70. The molecule has 2 aliphatic heterocycles. The minimum absolute atomic E-state index is 0.0862. The Hall–Kier alpha value is -8.42. The lowest BCUT2D eigenvalue weighted by Gasteiger charge is -2.39. The van der Waals surface area contributed by atoms with Crippen LogP contribution in [-0.4, -0.2) is 25.9 Å². The standard InChI is InChI=1S/C56H39BN6/c1-3-22-43(23-4-1)61-52-33-11-8-30-49(52)59-55(61)39-19-15-21-42(36-39)58-38-41-18-13-14-35-57-54-46(41)28-17-29-48(54)47-27-7-10-32-51(47)63(57)45-26-16-20-40(37-45)56-60-50-31-9-12-34-53(50)62(56)44-24-5-2-6-25-44/h1-38,58H/b18-13-,35-14-,41-38?. The van der Waals surface area contributed by atoms with Gasteiger partial charge in [0.05, 0.1) is 22.1 Å². The van der Waals surface area contributed by atoms with Gasteiger partial charge in [-0.1, -0.05) is 146 Å². The molecular formula is C56H39BN6. The van der Waals surface area contributed by atoms with Gasteiger partial charge in [0.1, 0.15) is 11.6 Å². The Kier molecular flexibility index (Phi) is 8.82. The van der Waals surface area contributed by atoms with Gasteiger partial charge in [-0.15, -0.1) is 0 Å². The van der Waals surface area contributed by atoms with E-state index in [0.29, 0.717) is 0 Å². The fourth-order valence-corrected chi connectivity index (χ4v) is 9.41. The molecule has 10 aromatic rings. The van der Waals surface area contributed by atoms with Crippen LogP contribution < -0.4 is 15.6 Å². The Morgan fingerprint density at radius 3 is 1.73 bits per heavy atom. The van der Waals surface area contributed by atoms with E-state index in [9.17, 15) is 0 Å². The largest absolute Gasteiger partial charge is 0.377 e. The fraction of sp³-hybridized carbons (Fsp3) is 0. The molecule has 0 amide bonds. The molecule has 0 spiro atoms. The Bertz CT molecular complexity index is 3450. The molecule has 4 heterocycles. The molecule has 0 aliphatic carbocycles. The summed E-state index contributed by atoms with van der Waals surface area (Å²) in [5.74, 6) is 4.13. The first-order valence-electron chi connectivity index (χ1n) is 21.4. The molecule has 0 radical (unpaired) electrons. The first kappa shape index (κ1) is 36.4. The molecular weight excluding hydrogens is 767 g/mol. The highest BCUT2D eigenvalue weighted by Crippen LogP contribution is 2.43. The smallest absolute Gasteiger partial charge is 0.321 e. The third kappa shape index (κ3) is 6.29. The van der Waals surface area contributed by atoms with E-state index < -0.39 is 0 Å². The topological polar surface area (TPSA) is 50.9 Å². The lowest BCUT2D eigenvalue weighted by atomic mass is 9.48. The predicted molar refractivity (Wildman–Crippen MR) is 262 cm³/mol. The van der Waals surface area contributed by atoms with Crippen molar-refractivity contribution in [1.29, 1.82) is 0 Å². The highest BCUT2D eigenvalue weighted by molar-refractivity contribution is 6.85. The summed E-state index contributed by atoms with van der Waals surface area (Å²) in [6, 6.07) is 70.6. The van der Waals surface area contributed by atoms with Crippen LogP contribution in [0.3, 0.4) is 0 Å². The normalized spacial score (nSPS) is 14.6. The van der Waals surface area contributed by atoms with Gasteiger partial charge >= 0.3 is 6.85 Å². The average Bonchev–Trinajstić information content (AvgIpc) is 3.93. The van der Waals surface area contributed by atoms with Gasteiger partial charge in [0.25, 0.3) is 0 Å². The van der Waals surface area contributed by atoms with Crippen molar-refractivity contribution in [2.24, 2.45) is 0 Å². The first-order valence-corrected chi connectivity index (χ1v) is 21.4. The molecule has 6 nitrogen and oxygen atoms in total. The van der Waals surface area contributed by atoms with E-state index in [1.165, 1.54) is 22.2 Å². The maximum atomic E-state index is 5.23. The second-order valence-corrected chi connectivity index (χ2v) is 15.9. The van der Waals surface area contributed by atoms with Crippen LogP contribution in [0.5, 0.6) is 0 Å². The van der Waals surface area contributed by atoms with Crippen LogP contribution in [0.2, 0.25) is 0 Å². The molecule has 63 heavy (non-hydrogen) atoms. The van der Waals surface area contributed by atoms with Crippen molar-refractivity contribution < 1.29 is 0 Å². The van der Waals surface area contributed by atoms with E-state index in [2.05, 4.69) is 238 Å². The number of rotatable bonds is 7. The molecule has 7 heteroatoms. The quantitative estimate of drug-likeness (QED) is 0.163. The Labute approximate surface area is 366 Å². The fourth-order valence-electron chi connectivity index (χ4n) is 9.41. The predicted octanol–water partition coefficient (Wildman–Crippen LogP) is 12.8. The minimum atomic E-state index is -0.0862. The molecule has 0 bridgehead atoms. The third-order valence-electron chi connectivity index (χ3n) is 12.2. The number of fused-ring (bicyclic) bond motifs is 4. The maximum absolute atomic E-state index is 5.23. The van der Waals surface area contributed by atoms with Crippen molar-refractivity contribution in [2.75, 3.05) is 10.1 Å². The molecule has 1 N–H and O–H groups in total. The van der Waals surface area contributed by atoms with Gasteiger partial charge in [-0.3, -0.25) is 9.13 Å². The molecule has 0 unspecified atom stereocenters. The molecule has 0 saturated carbocycles. The monoisotopic (exact) mass is 806 g/mol. The molecule has 296 valence electrons. The van der Waals surface area contributed by atoms with Crippen LogP contribution in [0.4, 0.5) is 17.1 Å². The summed E-state index contributed by atoms with van der Waals surface area (Å²) >= 11 is 0. The minimum Gasteiger partial charge on any atom is -0.377 e. The summed E-state index contributed by atoms with van der Waals surface area (Å²) in [6.07, 6.45) is 8.68. The first-order chi connectivity index (χ1) is 31.3. The number of hydrogen-bond acceptors (Lipinski definition) is 4. The van der Waals surface area contributed by atoms with E-state index in [1.807, 2.05) is 12.1 Å². The van der Waals surface area contributed by atoms with E-state index >= 15 is 0 Å². The Balaban J connectivity index is 0.946. The highest BCUT2D eigenvalue weighted by atomic mass is 15.1. The van der Waals surface area contributed by atoms with Crippen LogP contribution in [0.1, 0.15) is 5.56 Å². The summed E-state index contributed by atoms with van der Waals surface area (Å²) in [6.45, 7) is -0.0862. The molecule has 2 aromatic heterocycles. The summed E-state index contributed by atoms with van der Waals surface area (Å²) in [7, 11) is 0. The number of nitrogens with zero attached hydrogens (tertiary/aromatic N) is 5. The zero-order chi connectivity index (χ0) is 41.7. The van der Waals surface area contributed by atoms with Crippen LogP contribution in [0, 0.1) is 0 Å². The van der Waals surface area contributed by atoms with Crippen molar-refractivity contribution in [3.8, 4) is 45.3 Å². The number of nitrogens with one attached hydrogen (secondary N) is 1. The van der Waals surface area contributed by atoms with Gasteiger partial charge < -0.3 is 10.1 Å². The number of anilines is 3. The zero-order valence-electron chi connectivity index (χ0n) is 34.3. The number of aromatic nitrogens is 4. The van der Waals surface area contributed by atoms with Gasteiger partial charge in [-0.05, 0) is 101 Å². The molecule has 0 fully saturated rings. The summed E-state index contributed by atoms with van der Waals surface area (Å²) < 4.78 is 4.51. The van der Waals surface area contributed by atoms with Crippen LogP contribution in [0.25, 0.3) is 72.9 Å². The molecule has 12 rings (SSSR count). The van der Waals surface area contributed by atoms with Crippen molar-refractivity contribution in [3.63, 3.8) is 0 Å². The zero-order valence-corrected chi connectivity index (χ0v) is 34.3. The number of hydrogen-bond donors (Lipinski definition) is 1. The highest BCUT2D eigenvalue weighted by Gasteiger charge is 2.36. The van der Waals surface area contributed by atoms with Gasteiger partial charge in [0.2, 0.25) is 0 Å². The Morgan fingerprint density at radius 2 is 1.02 bits per heavy atom. The Morgan fingerprint density at radius 1 is 0.460 bits per heavy atom. The SMILES string of the molecule is C(Nc1cccc(-c2nc3ccccc3n2-c2ccccc2)c1)=C1/C=C\C=C/B2c3c1cccc3-c1ccccc1N2c1cccc(-c2nc3ccccc3n2-c2ccccc2)c1. The van der Waals surface area contributed by atoms with E-state index in [0.717, 1.165) is 78.9 Å². The van der Waals surface area contributed by atoms with Gasteiger partial charge in [0, 0.05) is 51.3 Å². The summed E-state index contributed by atoms with van der Waals surface area (Å²) in [4.78, 5) is 12.8. The number of benzene rings is 8.